The van der Waals surface area contributed by atoms with Crippen LogP contribution in [0, 0.1) is 5.92 Å². The first-order chi connectivity index (χ1) is 15.1. The van der Waals surface area contributed by atoms with Gasteiger partial charge in [-0.2, -0.15) is 0 Å². The van der Waals surface area contributed by atoms with E-state index in [0.29, 0.717) is 34.5 Å². The van der Waals surface area contributed by atoms with E-state index in [4.69, 9.17) is 28.4 Å². The average Bonchev–Trinajstić information content (AvgIpc) is 2.83. The highest BCUT2D eigenvalue weighted by Gasteiger charge is 2.40. The van der Waals surface area contributed by atoms with Crippen LogP contribution in [-0.2, 0) is 0 Å². The minimum atomic E-state index is 0.621. The Kier molecular flexibility index (Phi) is 7.03. The van der Waals surface area contributed by atoms with Crippen LogP contribution in [0.3, 0.4) is 0 Å². The normalized spacial score (nSPS) is 10.3. The quantitative estimate of drug-likeness (QED) is 0.365. The van der Waals surface area contributed by atoms with Gasteiger partial charge in [0.1, 0.15) is 16.7 Å². The van der Waals surface area contributed by atoms with E-state index in [1.165, 1.54) is 0 Å². The summed E-state index contributed by atoms with van der Waals surface area (Å²) in [6, 6.07) is 16.9. The van der Waals surface area contributed by atoms with Crippen LogP contribution in [0.4, 0.5) is 0 Å². The van der Waals surface area contributed by atoms with Gasteiger partial charge in [-0.05, 0) is 18.2 Å². The Morgan fingerprint density at radius 2 is 0.581 bits per heavy atom. The summed E-state index contributed by atoms with van der Waals surface area (Å²) >= 11 is 0. The predicted molar refractivity (Wildman–Crippen MR) is 119 cm³/mol. The molecule has 0 aliphatic heterocycles. The molecule has 31 heavy (non-hydrogen) atoms. The average molecular weight is 423 g/mol. The van der Waals surface area contributed by atoms with E-state index in [2.05, 4.69) is 0 Å². The molecule has 0 aliphatic carbocycles. The first-order valence-corrected chi connectivity index (χ1v) is 9.66. The second-order valence-electron chi connectivity index (χ2n) is 6.49. The number of hydrogen-bond acceptors (Lipinski definition) is 6. The van der Waals surface area contributed by atoms with Crippen molar-refractivity contribution in [3.05, 3.63) is 77.2 Å². The molecule has 3 rings (SSSR count). The molecule has 0 amide bonds. The zero-order chi connectivity index (χ0) is 22.4. The first-order valence-electron chi connectivity index (χ1n) is 9.66. The lowest BCUT2D eigenvalue weighted by Crippen LogP contribution is -2.13. The third-order valence-corrected chi connectivity index (χ3v) is 5.03. The van der Waals surface area contributed by atoms with Crippen molar-refractivity contribution in [2.24, 2.45) is 0 Å². The standard InChI is InChI=1S/C25H27O6/c1-26-16-10-7-11-17(27-2)22(16)25(23-18(28-3)12-8-13-19(23)29-4)24-20(30-5)14-9-15-21(24)31-6/h7-15H,1-6H3/q+1. The molecule has 0 atom stereocenters. The summed E-state index contributed by atoms with van der Waals surface area (Å²) in [6.45, 7) is 0. The van der Waals surface area contributed by atoms with Crippen molar-refractivity contribution in [2.75, 3.05) is 42.7 Å². The van der Waals surface area contributed by atoms with E-state index in [-0.39, 0.29) is 0 Å². The molecule has 0 unspecified atom stereocenters. The van der Waals surface area contributed by atoms with E-state index < -0.39 is 0 Å². The van der Waals surface area contributed by atoms with E-state index >= 15 is 0 Å². The number of ether oxygens (including phenoxy) is 6. The molecule has 0 saturated heterocycles. The van der Waals surface area contributed by atoms with Crippen LogP contribution >= 0.6 is 0 Å². The third kappa shape index (κ3) is 4.01. The topological polar surface area (TPSA) is 55.4 Å². The molecule has 6 nitrogen and oxygen atoms in total. The maximum absolute atomic E-state index is 5.74. The molecule has 0 saturated carbocycles. The molecule has 0 heterocycles. The van der Waals surface area contributed by atoms with Gasteiger partial charge in [0.05, 0.1) is 48.6 Å². The summed E-state index contributed by atoms with van der Waals surface area (Å²) in [4.78, 5) is 0. The van der Waals surface area contributed by atoms with Crippen molar-refractivity contribution in [2.45, 2.75) is 0 Å². The van der Waals surface area contributed by atoms with Crippen molar-refractivity contribution in [1.82, 2.24) is 0 Å². The molecule has 0 bridgehead atoms. The zero-order valence-corrected chi connectivity index (χ0v) is 18.6. The van der Waals surface area contributed by atoms with Gasteiger partial charge in [0, 0.05) is 36.4 Å². The van der Waals surface area contributed by atoms with Gasteiger partial charge in [0.15, 0.2) is 34.5 Å². The number of methoxy groups -OCH3 is 6. The Hall–Kier alpha value is -3.67. The minimum absolute atomic E-state index is 0.621. The van der Waals surface area contributed by atoms with E-state index in [0.717, 1.165) is 22.6 Å². The van der Waals surface area contributed by atoms with Crippen LogP contribution in [-0.4, -0.2) is 42.7 Å². The number of rotatable bonds is 9. The van der Waals surface area contributed by atoms with Crippen molar-refractivity contribution in [1.29, 1.82) is 0 Å². The van der Waals surface area contributed by atoms with Crippen LogP contribution in [0.25, 0.3) is 0 Å². The molecule has 3 aromatic carbocycles. The molecule has 3 aromatic rings. The lowest BCUT2D eigenvalue weighted by Gasteiger charge is -2.23. The minimum Gasteiger partial charge on any atom is -0.471 e. The van der Waals surface area contributed by atoms with E-state index in [1.807, 2.05) is 54.6 Å². The van der Waals surface area contributed by atoms with Crippen molar-refractivity contribution < 1.29 is 28.4 Å². The van der Waals surface area contributed by atoms with Crippen LogP contribution < -0.4 is 28.4 Å². The second-order valence-corrected chi connectivity index (χ2v) is 6.49. The molecule has 0 radical (unpaired) electrons. The lowest BCUT2D eigenvalue weighted by atomic mass is 9.82. The molecule has 6 heteroatoms. The Labute approximate surface area is 183 Å². The van der Waals surface area contributed by atoms with Gasteiger partial charge >= 0.3 is 0 Å². The number of benzene rings is 3. The third-order valence-electron chi connectivity index (χ3n) is 5.03. The molecular weight excluding hydrogens is 396 g/mol. The molecule has 0 aliphatic rings. The Morgan fingerprint density at radius 3 is 0.742 bits per heavy atom. The molecule has 0 aromatic heterocycles. The van der Waals surface area contributed by atoms with Crippen molar-refractivity contribution in [3.8, 4) is 34.5 Å². The summed E-state index contributed by atoms with van der Waals surface area (Å²) in [5.41, 5.74) is 2.16. The van der Waals surface area contributed by atoms with Crippen molar-refractivity contribution in [3.63, 3.8) is 0 Å². The summed E-state index contributed by atoms with van der Waals surface area (Å²) < 4.78 is 34.5. The Morgan fingerprint density at radius 1 is 0.387 bits per heavy atom. The van der Waals surface area contributed by atoms with Crippen LogP contribution in [0.15, 0.2) is 54.6 Å². The fraction of sp³-hybridized carbons (Fsp3) is 0.240. The SMILES string of the molecule is COc1cccc(OC)c1[C+](c1c(OC)cccc1OC)c1c(OC)cccc1OC. The first kappa shape index (κ1) is 22.0. The molecule has 162 valence electrons. The van der Waals surface area contributed by atoms with E-state index in [1.54, 1.807) is 42.7 Å². The fourth-order valence-electron chi connectivity index (χ4n) is 3.67. The zero-order valence-electron chi connectivity index (χ0n) is 18.6. The van der Waals surface area contributed by atoms with Gasteiger partial charge in [-0.1, -0.05) is 0 Å². The van der Waals surface area contributed by atoms with Gasteiger partial charge < -0.3 is 28.4 Å². The van der Waals surface area contributed by atoms with Gasteiger partial charge in [-0.25, -0.2) is 0 Å². The molecular formula is C25H27O6+. The monoisotopic (exact) mass is 423 g/mol. The van der Waals surface area contributed by atoms with Crippen LogP contribution in [0.2, 0.25) is 0 Å². The summed E-state index contributed by atoms with van der Waals surface area (Å²) in [6.07, 6.45) is 0. The van der Waals surface area contributed by atoms with Crippen molar-refractivity contribution >= 4 is 0 Å². The highest BCUT2D eigenvalue weighted by Crippen LogP contribution is 2.52. The van der Waals surface area contributed by atoms with Crippen LogP contribution in [0.5, 0.6) is 34.5 Å². The maximum Gasteiger partial charge on any atom is 0.176 e. The van der Waals surface area contributed by atoms with Gasteiger partial charge in [0.25, 0.3) is 0 Å². The van der Waals surface area contributed by atoms with Gasteiger partial charge in [-0.3, -0.25) is 0 Å². The highest BCUT2D eigenvalue weighted by atomic mass is 16.5. The maximum atomic E-state index is 5.74. The lowest BCUT2D eigenvalue weighted by molar-refractivity contribution is 0.375. The van der Waals surface area contributed by atoms with E-state index in [9.17, 15) is 0 Å². The largest absolute Gasteiger partial charge is 0.471 e. The second kappa shape index (κ2) is 9.89. The molecule has 0 N–H and O–H groups in total. The number of hydrogen-bond donors (Lipinski definition) is 0. The molecule has 0 fully saturated rings. The van der Waals surface area contributed by atoms with Gasteiger partial charge in [0.2, 0.25) is 0 Å². The predicted octanol–water partition coefficient (Wildman–Crippen LogP) is 4.76. The van der Waals surface area contributed by atoms with Gasteiger partial charge in [-0.15, -0.1) is 0 Å². The Bertz CT molecular complexity index is 832. The Balaban J connectivity index is 2.52. The van der Waals surface area contributed by atoms with Crippen LogP contribution in [0.1, 0.15) is 16.7 Å². The molecule has 0 spiro atoms. The summed E-state index contributed by atoms with van der Waals surface area (Å²) in [5.74, 6) is 4.46. The fourth-order valence-corrected chi connectivity index (χ4v) is 3.67. The highest BCUT2D eigenvalue weighted by molar-refractivity contribution is 5.76. The smallest absolute Gasteiger partial charge is 0.176 e. The summed E-state index contributed by atoms with van der Waals surface area (Å²) in [7, 11) is 9.72. The summed E-state index contributed by atoms with van der Waals surface area (Å²) in [5, 5.41) is 0.